The molecule has 6 nitrogen and oxygen atoms in total. The number of hydrogen-bond donors (Lipinski definition) is 1. The van der Waals surface area contributed by atoms with Gasteiger partial charge in [-0.1, -0.05) is 25.9 Å². The molecule has 0 aromatic carbocycles. The van der Waals surface area contributed by atoms with Crippen LogP contribution in [0.3, 0.4) is 0 Å². The molecule has 2 aromatic rings. The normalized spacial score (nSPS) is 11.4. The molecule has 0 fully saturated rings. The van der Waals surface area contributed by atoms with Gasteiger partial charge in [0, 0.05) is 25.2 Å². The van der Waals surface area contributed by atoms with Crippen LogP contribution in [0.1, 0.15) is 44.6 Å². The van der Waals surface area contributed by atoms with Crippen LogP contribution in [-0.2, 0) is 19.5 Å². The topological polar surface area (TPSA) is 68.8 Å². The first kappa shape index (κ1) is 13.7. The Labute approximate surface area is 113 Å². The minimum atomic E-state index is 0.456. The molecule has 104 valence electrons. The van der Waals surface area contributed by atoms with E-state index in [-0.39, 0.29) is 0 Å². The maximum atomic E-state index is 5.20. The second kappa shape index (κ2) is 6.47. The standard InChI is InChI=1S/C13H21N5O/c1-4-5-12-16-13(19-17-12)8-18-7-11(15-9-18)6-14-10(2)3/h7,9-10,14H,4-6,8H2,1-3H3. The molecule has 0 spiro atoms. The van der Waals surface area contributed by atoms with Crippen molar-refractivity contribution < 1.29 is 4.52 Å². The number of nitrogens with one attached hydrogen (secondary N) is 1. The Hall–Kier alpha value is -1.69. The first-order valence-electron chi connectivity index (χ1n) is 6.73. The summed E-state index contributed by atoms with van der Waals surface area (Å²) in [6, 6.07) is 0.456. The van der Waals surface area contributed by atoms with Gasteiger partial charge < -0.3 is 14.4 Å². The average Bonchev–Trinajstić information content (AvgIpc) is 2.98. The minimum absolute atomic E-state index is 0.456. The number of rotatable bonds is 7. The smallest absolute Gasteiger partial charge is 0.246 e. The highest BCUT2D eigenvalue weighted by atomic mass is 16.5. The van der Waals surface area contributed by atoms with E-state index in [4.69, 9.17) is 4.52 Å². The summed E-state index contributed by atoms with van der Waals surface area (Å²) in [6.45, 7) is 7.68. The van der Waals surface area contributed by atoms with Crippen molar-refractivity contribution in [1.82, 2.24) is 25.0 Å². The molecule has 0 saturated carbocycles. The van der Waals surface area contributed by atoms with Crippen LogP contribution in [0.25, 0.3) is 0 Å². The van der Waals surface area contributed by atoms with E-state index in [0.717, 1.165) is 30.9 Å². The van der Waals surface area contributed by atoms with Crippen molar-refractivity contribution in [2.24, 2.45) is 0 Å². The van der Waals surface area contributed by atoms with Crippen molar-refractivity contribution in [1.29, 1.82) is 0 Å². The van der Waals surface area contributed by atoms with Crippen molar-refractivity contribution in [3.63, 3.8) is 0 Å². The molecule has 0 atom stereocenters. The molecule has 0 aliphatic rings. The Morgan fingerprint density at radius 2 is 2.26 bits per heavy atom. The fourth-order valence-corrected chi connectivity index (χ4v) is 1.73. The van der Waals surface area contributed by atoms with Crippen LogP contribution in [-0.4, -0.2) is 25.7 Å². The molecule has 0 saturated heterocycles. The van der Waals surface area contributed by atoms with Gasteiger partial charge in [0.25, 0.3) is 0 Å². The summed E-state index contributed by atoms with van der Waals surface area (Å²) < 4.78 is 7.16. The molecule has 0 amide bonds. The van der Waals surface area contributed by atoms with Crippen LogP contribution in [0.15, 0.2) is 17.0 Å². The molecule has 0 radical (unpaired) electrons. The zero-order chi connectivity index (χ0) is 13.7. The molecule has 0 unspecified atom stereocenters. The lowest BCUT2D eigenvalue weighted by atomic mass is 10.3. The Kier molecular flexibility index (Phi) is 4.68. The predicted molar refractivity (Wildman–Crippen MR) is 71.6 cm³/mol. The van der Waals surface area contributed by atoms with E-state index < -0.39 is 0 Å². The van der Waals surface area contributed by atoms with Crippen LogP contribution in [0.4, 0.5) is 0 Å². The van der Waals surface area contributed by atoms with E-state index in [1.54, 1.807) is 6.33 Å². The van der Waals surface area contributed by atoms with Crippen molar-refractivity contribution >= 4 is 0 Å². The Morgan fingerprint density at radius 1 is 1.42 bits per heavy atom. The van der Waals surface area contributed by atoms with Crippen LogP contribution >= 0.6 is 0 Å². The van der Waals surface area contributed by atoms with E-state index in [1.807, 2.05) is 10.8 Å². The SMILES string of the molecule is CCCc1noc(Cn2cnc(CNC(C)C)c2)n1. The highest BCUT2D eigenvalue weighted by Gasteiger charge is 2.07. The quantitative estimate of drug-likeness (QED) is 0.824. The van der Waals surface area contributed by atoms with Gasteiger partial charge >= 0.3 is 0 Å². The third-order valence-electron chi connectivity index (χ3n) is 2.68. The second-order valence-corrected chi connectivity index (χ2v) is 4.93. The molecule has 2 aromatic heterocycles. The molecular weight excluding hydrogens is 242 g/mol. The predicted octanol–water partition coefficient (Wildman–Crippen LogP) is 1.76. The highest BCUT2D eigenvalue weighted by molar-refractivity contribution is 4.98. The summed E-state index contributed by atoms with van der Waals surface area (Å²) >= 11 is 0. The van der Waals surface area contributed by atoms with Gasteiger partial charge in [-0.3, -0.25) is 0 Å². The Balaban J connectivity index is 1.91. The zero-order valence-electron chi connectivity index (χ0n) is 11.8. The lowest BCUT2D eigenvalue weighted by Gasteiger charge is -2.04. The number of aromatic nitrogens is 4. The van der Waals surface area contributed by atoms with Gasteiger partial charge in [-0.2, -0.15) is 4.98 Å². The van der Waals surface area contributed by atoms with Gasteiger partial charge in [0.05, 0.1) is 12.0 Å². The van der Waals surface area contributed by atoms with Gasteiger partial charge in [0.1, 0.15) is 6.54 Å². The summed E-state index contributed by atoms with van der Waals surface area (Å²) in [4.78, 5) is 8.67. The van der Waals surface area contributed by atoms with Crippen LogP contribution in [0.2, 0.25) is 0 Å². The molecule has 1 N–H and O–H groups in total. The maximum absolute atomic E-state index is 5.20. The summed E-state index contributed by atoms with van der Waals surface area (Å²) in [6.07, 6.45) is 5.67. The van der Waals surface area contributed by atoms with Crippen molar-refractivity contribution in [3.8, 4) is 0 Å². The monoisotopic (exact) mass is 263 g/mol. The number of nitrogens with zero attached hydrogens (tertiary/aromatic N) is 4. The number of aryl methyl sites for hydroxylation is 1. The van der Waals surface area contributed by atoms with Crippen molar-refractivity contribution in [2.45, 2.75) is 52.7 Å². The molecule has 19 heavy (non-hydrogen) atoms. The summed E-state index contributed by atoms with van der Waals surface area (Å²) in [5.41, 5.74) is 1.02. The van der Waals surface area contributed by atoms with Gasteiger partial charge in [0.15, 0.2) is 5.82 Å². The van der Waals surface area contributed by atoms with Crippen LogP contribution in [0.5, 0.6) is 0 Å². The van der Waals surface area contributed by atoms with E-state index >= 15 is 0 Å². The average molecular weight is 263 g/mol. The lowest BCUT2D eigenvalue weighted by Crippen LogP contribution is -2.21. The Bertz CT molecular complexity index is 503. The highest BCUT2D eigenvalue weighted by Crippen LogP contribution is 2.04. The van der Waals surface area contributed by atoms with Crippen LogP contribution < -0.4 is 5.32 Å². The Morgan fingerprint density at radius 3 is 3.00 bits per heavy atom. The molecule has 0 bridgehead atoms. The van der Waals surface area contributed by atoms with E-state index in [2.05, 4.69) is 41.2 Å². The second-order valence-electron chi connectivity index (χ2n) is 4.93. The minimum Gasteiger partial charge on any atom is -0.337 e. The third-order valence-corrected chi connectivity index (χ3v) is 2.68. The van der Waals surface area contributed by atoms with Gasteiger partial charge in [0.2, 0.25) is 5.89 Å². The zero-order valence-corrected chi connectivity index (χ0v) is 11.8. The van der Waals surface area contributed by atoms with E-state index in [1.165, 1.54) is 0 Å². The van der Waals surface area contributed by atoms with Crippen molar-refractivity contribution in [3.05, 3.63) is 29.9 Å². The molecule has 2 heterocycles. The van der Waals surface area contributed by atoms with Crippen LogP contribution in [0, 0.1) is 0 Å². The van der Waals surface area contributed by atoms with E-state index in [9.17, 15) is 0 Å². The number of hydrogen-bond acceptors (Lipinski definition) is 5. The van der Waals surface area contributed by atoms with Gasteiger partial charge in [-0.25, -0.2) is 4.98 Å². The summed E-state index contributed by atoms with van der Waals surface area (Å²) in [5, 5.41) is 7.27. The van der Waals surface area contributed by atoms with Gasteiger partial charge in [-0.05, 0) is 6.42 Å². The summed E-state index contributed by atoms with van der Waals surface area (Å²) in [7, 11) is 0. The lowest BCUT2D eigenvalue weighted by molar-refractivity contribution is 0.366. The molecule has 0 aliphatic heterocycles. The fourth-order valence-electron chi connectivity index (χ4n) is 1.73. The fraction of sp³-hybridized carbons (Fsp3) is 0.615. The first-order valence-corrected chi connectivity index (χ1v) is 6.73. The van der Waals surface area contributed by atoms with Crippen molar-refractivity contribution in [2.75, 3.05) is 0 Å². The van der Waals surface area contributed by atoms with Gasteiger partial charge in [-0.15, -0.1) is 0 Å². The molecular formula is C13H21N5O. The number of imidazole rings is 1. The largest absolute Gasteiger partial charge is 0.337 e. The summed E-state index contributed by atoms with van der Waals surface area (Å²) in [5.74, 6) is 1.41. The first-order chi connectivity index (χ1) is 9.17. The molecule has 6 heteroatoms. The molecule has 0 aliphatic carbocycles. The third kappa shape index (κ3) is 4.17. The molecule has 2 rings (SSSR count). The maximum Gasteiger partial charge on any atom is 0.246 e. The van der Waals surface area contributed by atoms with E-state index in [0.29, 0.717) is 18.5 Å².